The van der Waals surface area contributed by atoms with Crippen LogP contribution in [0.4, 0.5) is 5.95 Å². The zero-order valence-corrected chi connectivity index (χ0v) is 19.1. The van der Waals surface area contributed by atoms with Gasteiger partial charge < -0.3 is 19.5 Å². The second-order valence-electron chi connectivity index (χ2n) is 8.24. The van der Waals surface area contributed by atoms with Crippen molar-refractivity contribution < 1.29 is 19.0 Å². The molecule has 0 saturated heterocycles. The average molecular weight is 447 g/mol. The van der Waals surface area contributed by atoms with E-state index in [0.29, 0.717) is 47.4 Å². The van der Waals surface area contributed by atoms with Crippen LogP contribution in [0.1, 0.15) is 41.8 Å². The van der Waals surface area contributed by atoms with Crippen LogP contribution >= 0.6 is 0 Å². The first-order chi connectivity index (χ1) is 16.0. The number of hydrogen-bond donors (Lipinski definition) is 1. The molecule has 0 fully saturated rings. The number of aromatic nitrogens is 3. The van der Waals surface area contributed by atoms with Crippen molar-refractivity contribution in [2.45, 2.75) is 31.7 Å². The van der Waals surface area contributed by atoms with E-state index in [-0.39, 0.29) is 11.7 Å². The molecule has 0 radical (unpaired) electrons. The Morgan fingerprint density at radius 2 is 1.67 bits per heavy atom. The minimum atomic E-state index is -0.489. The van der Waals surface area contributed by atoms with E-state index in [9.17, 15) is 4.79 Å². The number of fused-ring (bicyclic) bond motifs is 1. The summed E-state index contributed by atoms with van der Waals surface area (Å²) in [5.41, 5.74) is 3.48. The Bertz CT molecular complexity index is 1250. The molecule has 8 nitrogen and oxygen atoms in total. The van der Waals surface area contributed by atoms with Gasteiger partial charge in [0.05, 0.1) is 21.3 Å². The van der Waals surface area contributed by atoms with Gasteiger partial charge in [-0.3, -0.25) is 4.79 Å². The SMILES string of the molecule is COc1cc(OC)c([C@H]2C3=C(C[C@@H](c4ccccc4)CC3=O)Nc3nc(C)nn32)cc1OC. The maximum absolute atomic E-state index is 13.6. The highest BCUT2D eigenvalue weighted by Gasteiger charge is 2.41. The third kappa shape index (κ3) is 3.51. The minimum absolute atomic E-state index is 0.0817. The van der Waals surface area contributed by atoms with Crippen LogP contribution in [0, 0.1) is 6.92 Å². The maximum atomic E-state index is 13.6. The summed E-state index contributed by atoms with van der Waals surface area (Å²) in [6, 6.07) is 13.3. The summed E-state index contributed by atoms with van der Waals surface area (Å²) in [6.45, 7) is 1.84. The molecule has 0 unspecified atom stereocenters. The number of benzene rings is 2. The molecule has 170 valence electrons. The third-order valence-electron chi connectivity index (χ3n) is 6.33. The van der Waals surface area contributed by atoms with E-state index in [4.69, 9.17) is 14.2 Å². The Morgan fingerprint density at radius 1 is 0.970 bits per heavy atom. The first-order valence-electron chi connectivity index (χ1n) is 10.8. The Balaban J connectivity index is 1.68. The van der Waals surface area contributed by atoms with E-state index < -0.39 is 6.04 Å². The molecule has 5 rings (SSSR count). The number of aryl methyl sites for hydroxylation is 1. The first kappa shape index (κ1) is 21.1. The van der Waals surface area contributed by atoms with Crippen LogP contribution in [0.5, 0.6) is 17.2 Å². The van der Waals surface area contributed by atoms with E-state index in [1.54, 1.807) is 32.1 Å². The van der Waals surface area contributed by atoms with Crippen LogP contribution in [-0.2, 0) is 4.79 Å². The van der Waals surface area contributed by atoms with Crippen LogP contribution in [0.25, 0.3) is 0 Å². The van der Waals surface area contributed by atoms with Crippen molar-refractivity contribution in [3.63, 3.8) is 0 Å². The lowest BCUT2D eigenvalue weighted by Crippen LogP contribution is -2.33. The van der Waals surface area contributed by atoms with Gasteiger partial charge in [-0.1, -0.05) is 30.3 Å². The molecule has 0 bridgehead atoms. The van der Waals surface area contributed by atoms with Crippen LogP contribution in [0.3, 0.4) is 0 Å². The fourth-order valence-electron chi connectivity index (χ4n) is 4.83. The summed E-state index contributed by atoms with van der Waals surface area (Å²) >= 11 is 0. The number of Topliss-reactive ketones (excluding diaryl/α,β-unsaturated/α-hetero) is 1. The fraction of sp³-hybridized carbons (Fsp3) is 0.320. The molecular formula is C25H26N4O4. The Labute approximate surface area is 192 Å². The Morgan fingerprint density at radius 3 is 2.36 bits per heavy atom. The number of anilines is 1. The highest BCUT2D eigenvalue weighted by Crippen LogP contribution is 2.48. The number of ketones is 1. The van der Waals surface area contributed by atoms with Crippen molar-refractivity contribution in [1.82, 2.24) is 14.8 Å². The van der Waals surface area contributed by atoms with E-state index in [1.165, 1.54) is 0 Å². The molecule has 3 aromatic rings. The van der Waals surface area contributed by atoms with E-state index in [0.717, 1.165) is 16.8 Å². The zero-order chi connectivity index (χ0) is 23.1. The molecule has 2 aromatic carbocycles. The highest BCUT2D eigenvalue weighted by molar-refractivity contribution is 6.00. The van der Waals surface area contributed by atoms with Crippen LogP contribution in [0.2, 0.25) is 0 Å². The molecule has 2 aliphatic rings. The van der Waals surface area contributed by atoms with E-state index >= 15 is 0 Å². The van der Waals surface area contributed by atoms with Gasteiger partial charge in [0.1, 0.15) is 17.6 Å². The van der Waals surface area contributed by atoms with Crippen molar-refractivity contribution in [3.05, 3.63) is 70.7 Å². The number of methoxy groups -OCH3 is 3. The quantitative estimate of drug-likeness (QED) is 0.633. The van der Waals surface area contributed by atoms with Gasteiger partial charge in [0, 0.05) is 29.3 Å². The van der Waals surface area contributed by atoms with Gasteiger partial charge in [0.2, 0.25) is 5.95 Å². The number of nitrogens with one attached hydrogen (secondary N) is 1. The average Bonchev–Trinajstić information content (AvgIpc) is 3.21. The number of hydrogen-bond acceptors (Lipinski definition) is 7. The predicted octanol–water partition coefficient (Wildman–Crippen LogP) is 4.03. The molecule has 1 aromatic heterocycles. The normalized spacial score (nSPS) is 19.5. The molecule has 1 aliphatic carbocycles. The lowest BCUT2D eigenvalue weighted by Gasteiger charge is -2.35. The summed E-state index contributed by atoms with van der Waals surface area (Å²) in [6.07, 6.45) is 1.14. The standard InChI is InChI=1S/C25H26N4O4/c1-14-26-25-27-18-10-16(15-8-6-5-7-9-15)11-19(30)23(18)24(29(25)28-14)17-12-21(32-3)22(33-4)13-20(17)31-2/h5-9,12-13,16,24H,10-11H2,1-4H3,(H,26,27,28)/t16-,24+/m1/s1. The van der Waals surface area contributed by atoms with Crippen LogP contribution < -0.4 is 19.5 Å². The summed E-state index contributed by atoms with van der Waals surface area (Å²) in [5.74, 6) is 3.10. The van der Waals surface area contributed by atoms with Crippen LogP contribution in [0.15, 0.2) is 53.7 Å². The fourth-order valence-corrected chi connectivity index (χ4v) is 4.83. The van der Waals surface area contributed by atoms with E-state index in [2.05, 4.69) is 27.5 Å². The van der Waals surface area contributed by atoms with E-state index in [1.807, 2.05) is 31.2 Å². The van der Waals surface area contributed by atoms with Gasteiger partial charge in [0.25, 0.3) is 0 Å². The largest absolute Gasteiger partial charge is 0.496 e. The van der Waals surface area contributed by atoms with Crippen molar-refractivity contribution >= 4 is 11.7 Å². The second kappa shape index (κ2) is 8.27. The van der Waals surface area contributed by atoms with Crippen molar-refractivity contribution in [1.29, 1.82) is 0 Å². The zero-order valence-electron chi connectivity index (χ0n) is 19.1. The van der Waals surface area contributed by atoms with Gasteiger partial charge in [-0.15, -0.1) is 0 Å². The van der Waals surface area contributed by atoms with Gasteiger partial charge in [-0.05, 0) is 30.9 Å². The predicted molar refractivity (Wildman–Crippen MR) is 123 cm³/mol. The van der Waals surface area contributed by atoms with Gasteiger partial charge in [-0.2, -0.15) is 10.1 Å². The number of rotatable bonds is 5. The first-order valence-corrected chi connectivity index (χ1v) is 10.8. The summed E-state index contributed by atoms with van der Waals surface area (Å²) in [5, 5.41) is 8.00. The maximum Gasteiger partial charge on any atom is 0.226 e. The molecule has 1 N–H and O–H groups in total. The second-order valence-corrected chi connectivity index (χ2v) is 8.24. The number of carbonyl (C=O) groups is 1. The molecule has 0 spiro atoms. The van der Waals surface area contributed by atoms with Crippen molar-refractivity contribution in [2.75, 3.05) is 26.6 Å². The molecule has 1 aliphatic heterocycles. The molecule has 2 atom stereocenters. The molecule has 2 heterocycles. The summed E-state index contributed by atoms with van der Waals surface area (Å²) in [4.78, 5) is 18.2. The molecule has 8 heteroatoms. The molecule has 33 heavy (non-hydrogen) atoms. The number of ether oxygens (including phenoxy) is 3. The third-order valence-corrected chi connectivity index (χ3v) is 6.33. The van der Waals surface area contributed by atoms with Crippen molar-refractivity contribution in [3.8, 4) is 17.2 Å². The number of carbonyl (C=O) groups excluding carboxylic acids is 1. The topological polar surface area (TPSA) is 87.5 Å². The minimum Gasteiger partial charge on any atom is -0.496 e. The smallest absolute Gasteiger partial charge is 0.226 e. The van der Waals surface area contributed by atoms with Crippen LogP contribution in [-0.4, -0.2) is 41.9 Å². The van der Waals surface area contributed by atoms with Gasteiger partial charge in [-0.25, -0.2) is 4.68 Å². The van der Waals surface area contributed by atoms with Gasteiger partial charge in [0.15, 0.2) is 17.3 Å². The lowest BCUT2D eigenvalue weighted by molar-refractivity contribution is -0.116. The number of allylic oxidation sites excluding steroid dienone is 2. The Kier molecular flexibility index (Phi) is 5.28. The highest BCUT2D eigenvalue weighted by atomic mass is 16.5. The molecule has 0 saturated carbocycles. The molecular weight excluding hydrogens is 420 g/mol. The number of nitrogens with zero attached hydrogens (tertiary/aromatic N) is 3. The lowest BCUT2D eigenvalue weighted by atomic mass is 9.77. The monoisotopic (exact) mass is 446 g/mol. The van der Waals surface area contributed by atoms with Crippen molar-refractivity contribution in [2.24, 2.45) is 0 Å². The van der Waals surface area contributed by atoms with Gasteiger partial charge >= 0.3 is 0 Å². The summed E-state index contributed by atoms with van der Waals surface area (Å²) < 4.78 is 18.5. The molecule has 0 amide bonds. The summed E-state index contributed by atoms with van der Waals surface area (Å²) in [7, 11) is 4.76. The Hall–Kier alpha value is -3.81.